The fourth-order valence-electron chi connectivity index (χ4n) is 3.72. The number of carbonyl (C=O) groups excluding carboxylic acids is 1. The third-order valence-corrected chi connectivity index (χ3v) is 6.78. The lowest BCUT2D eigenvalue weighted by atomic mass is 9.96. The van der Waals surface area contributed by atoms with Gasteiger partial charge in [0.1, 0.15) is 5.75 Å². The summed E-state index contributed by atoms with van der Waals surface area (Å²) < 4.78 is 7.32. The second-order valence-corrected chi connectivity index (χ2v) is 9.46. The quantitative estimate of drug-likeness (QED) is 0.339. The van der Waals surface area contributed by atoms with Crippen molar-refractivity contribution < 1.29 is 9.53 Å². The Labute approximate surface area is 204 Å². The molecule has 0 saturated carbocycles. The highest BCUT2D eigenvalue weighted by Crippen LogP contribution is 2.33. The molecule has 168 valence electrons. The van der Waals surface area contributed by atoms with Crippen LogP contribution in [0.25, 0.3) is 11.3 Å². The molecule has 5 rings (SSSR count). The van der Waals surface area contributed by atoms with E-state index in [9.17, 15) is 4.79 Å². The molecule has 1 unspecified atom stereocenters. The smallest absolute Gasteiger partial charge is 0.262 e. The number of anilines is 1. The number of allylic oxidation sites excluding steroid dienone is 2. The highest BCUT2D eigenvalue weighted by atomic mass is 35.5. The van der Waals surface area contributed by atoms with Gasteiger partial charge in [-0.3, -0.25) is 4.79 Å². The Kier molecular flexibility index (Phi) is 6.35. The number of rotatable bonds is 4. The normalized spacial score (nSPS) is 18.3. The van der Waals surface area contributed by atoms with Crippen LogP contribution in [0.2, 0.25) is 10.0 Å². The topological polar surface area (TPSA) is 68.0 Å². The molecule has 1 aliphatic heterocycles. The number of amides is 1. The van der Waals surface area contributed by atoms with Crippen LogP contribution in [0.1, 0.15) is 19.3 Å². The molecule has 0 fully saturated rings. The largest absolute Gasteiger partial charge is 0.482 e. The van der Waals surface area contributed by atoms with Gasteiger partial charge in [0.05, 0.1) is 22.1 Å². The molecule has 9 heteroatoms. The first-order valence-corrected chi connectivity index (χ1v) is 12.2. The zero-order valence-corrected chi connectivity index (χ0v) is 19.8. The number of nitrogens with one attached hydrogen (secondary N) is 1. The maximum absolute atomic E-state index is 11.8. The standard InChI is InChI=1S/C24H20Cl2N4O2S/c25-17-7-8-19(18(26)11-17)29-24-30(27-12-15-4-2-1-3-5-15)21(14-33-24)16-6-9-22-20(10-16)28-23(31)13-32-22/h1-2,6-12,14-15H,3-5,13H2,(H,28,31). The predicted molar refractivity (Wildman–Crippen MR) is 134 cm³/mol. The van der Waals surface area contributed by atoms with E-state index in [1.54, 1.807) is 18.2 Å². The summed E-state index contributed by atoms with van der Waals surface area (Å²) in [4.78, 5) is 17.2. The van der Waals surface area contributed by atoms with Gasteiger partial charge in [0.15, 0.2) is 6.61 Å². The minimum absolute atomic E-state index is 0.0236. The minimum Gasteiger partial charge on any atom is -0.482 e. The van der Waals surface area contributed by atoms with Crippen LogP contribution in [-0.2, 0) is 4.79 Å². The summed E-state index contributed by atoms with van der Waals surface area (Å²) in [7, 11) is 0. The molecule has 3 aromatic rings. The SMILES string of the molecule is O=C1COc2ccc(-c3csc(=Nc4ccc(Cl)cc4Cl)n3N=CC3CC=CCC3)cc2N1. The van der Waals surface area contributed by atoms with Crippen molar-refractivity contribution in [2.75, 3.05) is 11.9 Å². The van der Waals surface area contributed by atoms with Gasteiger partial charge in [-0.15, -0.1) is 11.3 Å². The van der Waals surface area contributed by atoms with Gasteiger partial charge in [0.2, 0.25) is 4.80 Å². The summed E-state index contributed by atoms with van der Waals surface area (Å²) in [6, 6.07) is 10.9. The molecule has 0 saturated heterocycles. The van der Waals surface area contributed by atoms with E-state index in [1.165, 1.54) is 11.3 Å². The molecular formula is C24H20Cl2N4O2S. The third-order valence-electron chi connectivity index (χ3n) is 5.42. The Morgan fingerprint density at radius 3 is 2.91 bits per heavy atom. The van der Waals surface area contributed by atoms with Crippen LogP contribution < -0.4 is 14.9 Å². The number of hydrogen-bond donors (Lipinski definition) is 1. The van der Waals surface area contributed by atoms with Gasteiger partial charge in [0.25, 0.3) is 5.91 Å². The van der Waals surface area contributed by atoms with Crippen LogP contribution in [-0.4, -0.2) is 23.4 Å². The number of aromatic nitrogens is 1. The first-order chi connectivity index (χ1) is 16.1. The average molecular weight is 499 g/mol. The van der Waals surface area contributed by atoms with E-state index in [4.69, 9.17) is 38.0 Å². The fourth-order valence-corrected chi connectivity index (χ4v) is 5.02. The number of carbonyl (C=O) groups is 1. The van der Waals surface area contributed by atoms with Crippen molar-refractivity contribution in [1.29, 1.82) is 0 Å². The first-order valence-electron chi connectivity index (χ1n) is 10.5. The van der Waals surface area contributed by atoms with Crippen LogP contribution in [0, 0.1) is 5.92 Å². The second-order valence-electron chi connectivity index (χ2n) is 7.78. The molecule has 1 N–H and O–H groups in total. The van der Waals surface area contributed by atoms with Crippen molar-refractivity contribution >= 4 is 58.0 Å². The molecule has 33 heavy (non-hydrogen) atoms. The number of thiazole rings is 1. The summed E-state index contributed by atoms with van der Waals surface area (Å²) in [6.45, 7) is 0.0236. The lowest BCUT2D eigenvalue weighted by molar-refractivity contribution is -0.118. The monoisotopic (exact) mass is 498 g/mol. The van der Waals surface area contributed by atoms with Gasteiger partial charge in [-0.1, -0.05) is 35.4 Å². The maximum atomic E-state index is 11.8. The number of benzene rings is 2. The van der Waals surface area contributed by atoms with Crippen LogP contribution in [0.3, 0.4) is 0 Å². The van der Waals surface area contributed by atoms with Crippen LogP contribution >= 0.6 is 34.5 Å². The number of fused-ring (bicyclic) bond motifs is 1. The third kappa shape index (κ3) is 4.90. The first kappa shape index (κ1) is 21.9. The van der Waals surface area contributed by atoms with Gasteiger partial charge in [-0.05, 0) is 61.6 Å². The summed E-state index contributed by atoms with van der Waals surface area (Å²) in [5.74, 6) is 0.850. The Hall–Kier alpha value is -2.87. The molecule has 1 aliphatic carbocycles. The van der Waals surface area contributed by atoms with Crippen molar-refractivity contribution in [1.82, 2.24) is 4.68 Å². The van der Waals surface area contributed by atoms with Crippen LogP contribution in [0.4, 0.5) is 11.4 Å². The van der Waals surface area contributed by atoms with E-state index in [0.29, 0.717) is 37.9 Å². The summed E-state index contributed by atoms with van der Waals surface area (Å²) in [6.07, 6.45) is 9.50. The van der Waals surface area contributed by atoms with E-state index in [2.05, 4.69) is 17.5 Å². The summed E-state index contributed by atoms with van der Waals surface area (Å²) in [5.41, 5.74) is 3.00. The van der Waals surface area contributed by atoms with Crippen molar-refractivity contribution in [2.24, 2.45) is 16.0 Å². The van der Waals surface area contributed by atoms with Gasteiger partial charge in [-0.2, -0.15) is 5.10 Å². The van der Waals surface area contributed by atoms with Crippen LogP contribution in [0.15, 0.2) is 64.0 Å². The average Bonchev–Trinajstić information content (AvgIpc) is 3.22. The highest BCUT2D eigenvalue weighted by molar-refractivity contribution is 7.07. The molecule has 2 aromatic carbocycles. The highest BCUT2D eigenvalue weighted by Gasteiger charge is 2.18. The van der Waals surface area contributed by atoms with Gasteiger partial charge in [-0.25, -0.2) is 9.67 Å². The lowest BCUT2D eigenvalue weighted by Crippen LogP contribution is -2.25. The van der Waals surface area contributed by atoms with E-state index in [1.807, 2.05) is 34.5 Å². The molecular weight excluding hydrogens is 479 g/mol. The Bertz CT molecular complexity index is 1340. The fraction of sp³-hybridized carbons (Fsp3) is 0.208. The molecule has 1 aromatic heterocycles. The number of nitrogens with zero attached hydrogens (tertiary/aromatic N) is 3. The summed E-state index contributed by atoms with van der Waals surface area (Å²) >= 11 is 13.9. The van der Waals surface area contributed by atoms with Crippen LogP contribution in [0.5, 0.6) is 5.75 Å². The second kappa shape index (κ2) is 9.55. The number of halogens is 2. The Balaban J connectivity index is 1.60. The predicted octanol–water partition coefficient (Wildman–Crippen LogP) is 6.28. The van der Waals surface area contributed by atoms with Gasteiger partial charge >= 0.3 is 0 Å². The van der Waals surface area contributed by atoms with Crippen molar-refractivity contribution in [2.45, 2.75) is 19.3 Å². The van der Waals surface area contributed by atoms with Crippen molar-refractivity contribution in [3.8, 4) is 17.0 Å². The van der Waals surface area contributed by atoms with Crippen molar-refractivity contribution in [3.05, 3.63) is 68.8 Å². The summed E-state index contributed by atoms with van der Waals surface area (Å²) in [5, 5.41) is 10.7. The zero-order valence-electron chi connectivity index (χ0n) is 17.5. The molecule has 1 atom stereocenters. The number of ether oxygens (including phenoxy) is 1. The Morgan fingerprint density at radius 2 is 2.09 bits per heavy atom. The number of hydrogen-bond acceptors (Lipinski definition) is 5. The van der Waals surface area contributed by atoms with E-state index in [0.717, 1.165) is 30.5 Å². The molecule has 1 amide bonds. The van der Waals surface area contributed by atoms with E-state index >= 15 is 0 Å². The van der Waals surface area contributed by atoms with E-state index < -0.39 is 0 Å². The molecule has 6 nitrogen and oxygen atoms in total. The molecule has 0 spiro atoms. The van der Waals surface area contributed by atoms with Crippen molar-refractivity contribution in [3.63, 3.8) is 0 Å². The zero-order chi connectivity index (χ0) is 22.8. The van der Waals surface area contributed by atoms with Gasteiger partial charge in [0, 0.05) is 22.2 Å². The minimum atomic E-state index is -0.172. The van der Waals surface area contributed by atoms with E-state index in [-0.39, 0.29) is 12.5 Å². The lowest BCUT2D eigenvalue weighted by Gasteiger charge is -2.18. The molecule has 0 radical (unpaired) electrons. The Morgan fingerprint density at radius 1 is 1.18 bits per heavy atom. The molecule has 2 heterocycles. The molecule has 0 bridgehead atoms. The molecule has 2 aliphatic rings. The van der Waals surface area contributed by atoms with Gasteiger partial charge < -0.3 is 10.1 Å². The maximum Gasteiger partial charge on any atom is 0.262 e.